The van der Waals surface area contributed by atoms with Gasteiger partial charge in [-0.3, -0.25) is 9.59 Å². The zero-order chi connectivity index (χ0) is 23.6. The maximum atomic E-state index is 13.7. The molecule has 33 heavy (non-hydrogen) atoms. The van der Waals surface area contributed by atoms with E-state index < -0.39 is 6.04 Å². The van der Waals surface area contributed by atoms with Gasteiger partial charge in [0.1, 0.15) is 6.04 Å². The fourth-order valence-corrected chi connectivity index (χ4v) is 4.27. The molecule has 0 radical (unpaired) electrons. The highest BCUT2D eigenvalue weighted by Gasteiger charge is 2.30. The minimum Gasteiger partial charge on any atom is -0.354 e. The second-order valence-corrected chi connectivity index (χ2v) is 9.17. The Morgan fingerprint density at radius 3 is 2.33 bits per heavy atom. The van der Waals surface area contributed by atoms with Crippen LogP contribution in [0.15, 0.2) is 83.3 Å². The topological polar surface area (TPSA) is 49.4 Å². The highest BCUT2D eigenvalue weighted by atomic mass is 79.9. The van der Waals surface area contributed by atoms with Crippen LogP contribution in [0.5, 0.6) is 0 Å². The number of hydrogen-bond acceptors (Lipinski definition) is 2. The molecule has 1 atom stereocenters. The van der Waals surface area contributed by atoms with Crippen LogP contribution in [0.1, 0.15) is 35.6 Å². The molecule has 172 valence electrons. The summed E-state index contributed by atoms with van der Waals surface area (Å²) >= 11 is 3.52. The van der Waals surface area contributed by atoms with Crippen LogP contribution in [-0.4, -0.2) is 29.3 Å². The van der Waals surface area contributed by atoms with Gasteiger partial charge in [0.15, 0.2) is 0 Å². The normalized spacial score (nSPS) is 11.6. The lowest BCUT2D eigenvalue weighted by Crippen LogP contribution is -2.51. The largest absolute Gasteiger partial charge is 0.354 e. The van der Waals surface area contributed by atoms with Crippen LogP contribution in [0.3, 0.4) is 0 Å². The predicted molar refractivity (Wildman–Crippen MR) is 137 cm³/mol. The third-order valence-electron chi connectivity index (χ3n) is 5.67. The Bertz CT molecular complexity index is 1070. The molecule has 0 aliphatic carbocycles. The monoisotopic (exact) mass is 506 g/mol. The zero-order valence-electron chi connectivity index (χ0n) is 19.3. The molecule has 0 fully saturated rings. The van der Waals surface area contributed by atoms with E-state index in [0.29, 0.717) is 19.5 Å². The van der Waals surface area contributed by atoms with Crippen molar-refractivity contribution in [2.24, 2.45) is 0 Å². The summed E-state index contributed by atoms with van der Waals surface area (Å²) in [5.41, 5.74) is 4.05. The molecule has 1 N–H and O–H groups in total. The Morgan fingerprint density at radius 1 is 0.939 bits per heavy atom. The number of carbonyl (C=O) groups excluding carboxylic acids is 2. The Kier molecular flexibility index (Phi) is 9.25. The molecule has 3 rings (SSSR count). The van der Waals surface area contributed by atoms with Crippen molar-refractivity contribution in [1.29, 1.82) is 0 Å². The van der Waals surface area contributed by atoms with Crippen LogP contribution < -0.4 is 5.32 Å². The smallest absolute Gasteiger partial charge is 0.243 e. The van der Waals surface area contributed by atoms with E-state index in [1.54, 1.807) is 4.90 Å². The van der Waals surface area contributed by atoms with E-state index in [2.05, 4.69) is 21.2 Å². The standard InChI is InChI=1S/C28H31BrN2O2/c1-3-16-30-28(33)26(18-22-11-5-4-6-12-22)31(20-23-13-9-15-25(29)17-23)27(32)19-24-14-8-7-10-21(24)2/h4-15,17,26H,3,16,18-20H2,1-2H3,(H,30,33)/t26-/m1/s1. The molecule has 0 bridgehead atoms. The van der Waals surface area contributed by atoms with Crippen molar-refractivity contribution in [3.05, 3.63) is 106 Å². The lowest BCUT2D eigenvalue weighted by atomic mass is 10.00. The maximum absolute atomic E-state index is 13.7. The molecular weight excluding hydrogens is 476 g/mol. The molecule has 0 saturated carbocycles. The molecule has 0 heterocycles. The van der Waals surface area contributed by atoms with Gasteiger partial charge in [0.2, 0.25) is 11.8 Å². The average molecular weight is 507 g/mol. The summed E-state index contributed by atoms with van der Waals surface area (Å²) in [4.78, 5) is 28.8. The van der Waals surface area contributed by atoms with Gasteiger partial charge in [-0.15, -0.1) is 0 Å². The molecule has 0 aromatic heterocycles. The van der Waals surface area contributed by atoms with Crippen LogP contribution in [0.2, 0.25) is 0 Å². The van der Waals surface area contributed by atoms with Crippen molar-refractivity contribution < 1.29 is 9.59 Å². The molecule has 3 aromatic carbocycles. The highest BCUT2D eigenvalue weighted by Crippen LogP contribution is 2.19. The summed E-state index contributed by atoms with van der Waals surface area (Å²) in [6, 6.07) is 25.1. The second kappa shape index (κ2) is 12.4. The number of rotatable bonds is 10. The third-order valence-corrected chi connectivity index (χ3v) is 6.16. The van der Waals surface area contributed by atoms with Gasteiger partial charge in [0.25, 0.3) is 0 Å². The Morgan fingerprint density at radius 2 is 1.64 bits per heavy atom. The fourth-order valence-electron chi connectivity index (χ4n) is 3.82. The maximum Gasteiger partial charge on any atom is 0.243 e. The van der Waals surface area contributed by atoms with E-state index >= 15 is 0 Å². The molecule has 0 aliphatic rings. The number of carbonyl (C=O) groups is 2. The van der Waals surface area contributed by atoms with Gasteiger partial charge in [-0.2, -0.15) is 0 Å². The number of benzene rings is 3. The van der Waals surface area contributed by atoms with E-state index in [1.165, 1.54) is 0 Å². The zero-order valence-corrected chi connectivity index (χ0v) is 20.8. The first-order chi connectivity index (χ1) is 16.0. The fraction of sp³-hybridized carbons (Fsp3) is 0.286. The predicted octanol–water partition coefficient (Wildman–Crippen LogP) is 5.47. The van der Waals surface area contributed by atoms with Gasteiger partial charge in [-0.25, -0.2) is 0 Å². The number of aryl methyl sites for hydroxylation is 1. The van der Waals surface area contributed by atoms with E-state index in [0.717, 1.165) is 33.1 Å². The van der Waals surface area contributed by atoms with Crippen LogP contribution in [0.25, 0.3) is 0 Å². The summed E-state index contributed by atoms with van der Waals surface area (Å²) in [6.07, 6.45) is 1.56. The van der Waals surface area contributed by atoms with Gasteiger partial charge in [0, 0.05) is 24.0 Å². The van der Waals surface area contributed by atoms with Crippen molar-refractivity contribution in [2.75, 3.05) is 6.54 Å². The number of hydrogen-bond donors (Lipinski definition) is 1. The van der Waals surface area contributed by atoms with Crippen molar-refractivity contribution in [1.82, 2.24) is 10.2 Å². The van der Waals surface area contributed by atoms with Crippen molar-refractivity contribution >= 4 is 27.7 Å². The Labute approximate surface area is 205 Å². The van der Waals surface area contributed by atoms with Gasteiger partial charge in [-0.05, 0) is 47.7 Å². The summed E-state index contributed by atoms with van der Waals surface area (Å²) in [7, 11) is 0. The SMILES string of the molecule is CCCNC(=O)[C@@H](Cc1ccccc1)N(Cc1cccc(Br)c1)C(=O)Cc1ccccc1C. The molecule has 4 nitrogen and oxygen atoms in total. The molecule has 0 unspecified atom stereocenters. The van der Waals surface area contributed by atoms with Gasteiger partial charge >= 0.3 is 0 Å². The first-order valence-electron chi connectivity index (χ1n) is 11.4. The second-order valence-electron chi connectivity index (χ2n) is 8.25. The molecule has 0 aliphatic heterocycles. The molecule has 0 saturated heterocycles. The van der Waals surface area contributed by atoms with Gasteiger partial charge in [0.05, 0.1) is 6.42 Å². The number of nitrogens with one attached hydrogen (secondary N) is 1. The van der Waals surface area contributed by atoms with Crippen LogP contribution in [-0.2, 0) is 29.0 Å². The van der Waals surface area contributed by atoms with Crippen molar-refractivity contribution in [2.45, 2.75) is 45.7 Å². The van der Waals surface area contributed by atoms with Crippen LogP contribution >= 0.6 is 15.9 Å². The molecular formula is C28H31BrN2O2. The van der Waals surface area contributed by atoms with E-state index in [-0.39, 0.29) is 18.2 Å². The van der Waals surface area contributed by atoms with E-state index in [4.69, 9.17) is 0 Å². The highest BCUT2D eigenvalue weighted by molar-refractivity contribution is 9.10. The summed E-state index contributed by atoms with van der Waals surface area (Å²) in [5.74, 6) is -0.175. The van der Waals surface area contributed by atoms with Gasteiger partial charge < -0.3 is 10.2 Å². The molecule has 0 spiro atoms. The third kappa shape index (κ3) is 7.29. The number of halogens is 1. The van der Waals surface area contributed by atoms with Crippen molar-refractivity contribution in [3.8, 4) is 0 Å². The summed E-state index contributed by atoms with van der Waals surface area (Å²) in [6.45, 7) is 4.98. The minimum atomic E-state index is -0.602. The van der Waals surface area contributed by atoms with Crippen LogP contribution in [0, 0.1) is 6.92 Å². The minimum absolute atomic E-state index is 0.0585. The van der Waals surface area contributed by atoms with Crippen LogP contribution in [0.4, 0.5) is 0 Å². The molecule has 3 aromatic rings. The lowest BCUT2D eigenvalue weighted by molar-refractivity contribution is -0.140. The van der Waals surface area contributed by atoms with E-state index in [1.807, 2.05) is 92.7 Å². The Hall–Kier alpha value is -2.92. The first-order valence-corrected chi connectivity index (χ1v) is 12.2. The van der Waals surface area contributed by atoms with Gasteiger partial charge in [-0.1, -0.05) is 89.6 Å². The summed E-state index contributed by atoms with van der Waals surface area (Å²) < 4.78 is 0.946. The number of amides is 2. The van der Waals surface area contributed by atoms with E-state index in [9.17, 15) is 9.59 Å². The molecule has 5 heteroatoms. The van der Waals surface area contributed by atoms with Crippen molar-refractivity contribution in [3.63, 3.8) is 0 Å². The average Bonchev–Trinajstić information content (AvgIpc) is 2.82. The lowest BCUT2D eigenvalue weighted by Gasteiger charge is -2.32. The summed E-state index contributed by atoms with van der Waals surface area (Å²) in [5, 5.41) is 3.02. The molecule has 2 amide bonds. The quantitative estimate of drug-likeness (QED) is 0.396. The number of nitrogens with zero attached hydrogens (tertiary/aromatic N) is 1. The first kappa shape index (κ1) is 24.7. The Balaban J connectivity index is 1.96.